The van der Waals surface area contributed by atoms with Gasteiger partial charge in [0.25, 0.3) is 0 Å². The highest BCUT2D eigenvalue weighted by Crippen LogP contribution is 2.34. The van der Waals surface area contributed by atoms with Crippen molar-refractivity contribution >= 4 is 23.4 Å². The number of oxazole rings is 1. The Morgan fingerprint density at radius 3 is 2.59 bits per heavy atom. The lowest BCUT2D eigenvalue weighted by Crippen LogP contribution is -2.34. The molecule has 0 unspecified atom stereocenters. The van der Waals surface area contributed by atoms with Crippen LogP contribution in [0.25, 0.3) is 11.5 Å². The van der Waals surface area contributed by atoms with Crippen molar-refractivity contribution in [3.63, 3.8) is 0 Å². The number of nitrogens with one attached hydrogen (secondary N) is 1. The van der Waals surface area contributed by atoms with Gasteiger partial charge in [-0.05, 0) is 73.8 Å². The van der Waals surface area contributed by atoms with Gasteiger partial charge in [0.15, 0.2) is 5.09 Å². The summed E-state index contributed by atoms with van der Waals surface area (Å²) in [6.45, 7) is 0.543. The van der Waals surface area contributed by atoms with Crippen LogP contribution in [-0.2, 0) is 6.54 Å². The minimum absolute atomic E-state index is 0.188. The molecule has 0 radical (unpaired) electrons. The number of aliphatic hydroxyl groups is 1. The van der Waals surface area contributed by atoms with Crippen LogP contribution in [0.3, 0.4) is 0 Å². The van der Waals surface area contributed by atoms with E-state index in [2.05, 4.69) is 15.3 Å². The van der Waals surface area contributed by atoms with Gasteiger partial charge in [0.05, 0.1) is 11.1 Å². The average molecular weight is 434 g/mol. The first kappa shape index (κ1) is 20.3. The minimum Gasteiger partial charge on any atom is -0.429 e. The summed E-state index contributed by atoms with van der Waals surface area (Å²) in [5.74, 6) is 0.138. The molecule has 8 heteroatoms. The van der Waals surface area contributed by atoms with E-state index in [-0.39, 0.29) is 11.9 Å². The molecule has 0 aliphatic heterocycles. The van der Waals surface area contributed by atoms with E-state index in [1.54, 1.807) is 24.4 Å². The zero-order valence-electron chi connectivity index (χ0n) is 15.6. The Kier molecular flexibility index (Phi) is 6.50. The summed E-state index contributed by atoms with van der Waals surface area (Å²) in [5.41, 5.74) is 1.49. The molecule has 1 fully saturated rings. The first-order chi connectivity index (χ1) is 14.1. The predicted octanol–water partition coefficient (Wildman–Crippen LogP) is 5.07. The maximum Gasteiger partial charge on any atom is 0.227 e. The number of benzene rings is 1. The SMILES string of the molecule is O[C@H]1CC[C@H](NCc2nc(-c3ccc(F)cc3)oc2Sc2ccc(Cl)cn2)CC1. The summed E-state index contributed by atoms with van der Waals surface area (Å²) in [4.78, 5) is 8.96. The van der Waals surface area contributed by atoms with Gasteiger partial charge in [0.2, 0.25) is 5.89 Å². The molecule has 5 nitrogen and oxygen atoms in total. The lowest BCUT2D eigenvalue weighted by atomic mass is 9.93. The Morgan fingerprint density at radius 1 is 1.14 bits per heavy atom. The number of hydrogen-bond acceptors (Lipinski definition) is 6. The summed E-state index contributed by atoms with van der Waals surface area (Å²) in [6.07, 6.45) is 4.90. The third-order valence-electron chi connectivity index (χ3n) is 4.91. The number of halogens is 2. The molecule has 3 aromatic rings. The fourth-order valence-corrected chi connectivity index (χ4v) is 4.18. The van der Waals surface area contributed by atoms with Crippen molar-refractivity contribution in [3.8, 4) is 11.5 Å². The van der Waals surface area contributed by atoms with Crippen LogP contribution in [0.1, 0.15) is 31.4 Å². The highest BCUT2D eigenvalue weighted by Gasteiger charge is 2.21. The third kappa shape index (κ3) is 5.36. The molecule has 1 aliphatic carbocycles. The zero-order chi connectivity index (χ0) is 20.2. The van der Waals surface area contributed by atoms with Crippen LogP contribution in [0.2, 0.25) is 5.02 Å². The first-order valence-electron chi connectivity index (χ1n) is 9.53. The quantitative estimate of drug-likeness (QED) is 0.565. The van der Waals surface area contributed by atoms with Gasteiger partial charge in [-0.25, -0.2) is 14.4 Å². The van der Waals surface area contributed by atoms with Gasteiger partial charge in [-0.2, -0.15) is 0 Å². The van der Waals surface area contributed by atoms with Gasteiger partial charge < -0.3 is 14.8 Å². The molecule has 0 saturated heterocycles. The van der Waals surface area contributed by atoms with E-state index in [0.29, 0.717) is 34.2 Å². The normalized spacial score (nSPS) is 19.4. The van der Waals surface area contributed by atoms with Crippen molar-refractivity contribution in [2.24, 2.45) is 0 Å². The van der Waals surface area contributed by atoms with Crippen molar-refractivity contribution in [1.82, 2.24) is 15.3 Å². The summed E-state index contributed by atoms with van der Waals surface area (Å²) >= 11 is 7.30. The summed E-state index contributed by atoms with van der Waals surface area (Å²) < 4.78 is 19.3. The Bertz CT molecular complexity index is 942. The molecule has 1 saturated carbocycles. The zero-order valence-corrected chi connectivity index (χ0v) is 17.2. The molecule has 0 amide bonds. The molecule has 29 heavy (non-hydrogen) atoms. The molecular weight excluding hydrogens is 413 g/mol. The molecule has 2 aromatic heterocycles. The van der Waals surface area contributed by atoms with E-state index >= 15 is 0 Å². The highest BCUT2D eigenvalue weighted by atomic mass is 35.5. The van der Waals surface area contributed by atoms with E-state index < -0.39 is 0 Å². The number of aromatic nitrogens is 2. The number of rotatable bonds is 6. The minimum atomic E-state index is -0.304. The fourth-order valence-electron chi connectivity index (χ4n) is 3.28. The second-order valence-electron chi connectivity index (χ2n) is 7.06. The largest absolute Gasteiger partial charge is 0.429 e. The Morgan fingerprint density at radius 2 is 1.90 bits per heavy atom. The molecule has 2 N–H and O–H groups in total. The predicted molar refractivity (Wildman–Crippen MR) is 110 cm³/mol. The lowest BCUT2D eigenvalue weighted by molar-refractivity contribution is 0.116. The smallest absolute Gasteiger partial charge is 0.227 e. The third-order valence-corrected chi connectivity index (χ3v) is 6.08. The van der Waals surface area contributed by atoms with Gasteiger partial charge in [-0.1, -0.05) is 11.6 Å². The summed E-state index contributed by atoms with van der Waals surface area (Å²) in [6, 6.07) is 10.0. The Labute approximate surface area is 177 Å². The van der Waals surface area contributed by atoms with Crippen LogP contribution >= 0.6 is 23.4 Å². The molecule has 152 valence electrons. The number of pyridine rings is 1. The van der Waals surface area contributed by atoms with E-state index in [4.69, 9.17) is 16.0 Å². The average Bonchev–Trinajstić information content (AvgIpc) is 3.12. The van der Waals surface area contributed by atoms with E-state index in [0.717, 1.165) is 36.4 Å². The molecule has 0 atom stereocenters. The lowest BCUT2D eigenvalue weighted by Gasteiger charge is -2.26. The maximum absolute atomic E-state index is 13.3. The first-order valence-corrected chi connectivity index (χ1v) is 10.7. The second kappa shape index (κ2) is 9.26. The van der Waals surface area contributed by atoms with Crippen LogP contribution in [0.4, 0.5) is 4.39 Å². The topological polar surface area (TPSA) is 71.2 Å². The van der Waals surface area contributed by atoms with Crippen LogP contribution in [0.15, 0.2) is 57.1 Å². The molecule has 1 aliphatic rings. The van der Waals surface area contributed by atoms with E-state index in [1.165, 1.54) is 23.9 Å². The number of hydrogen-bond donors (Lipinski definition) is 2. The molecule has 4 rings (SSSR count). The molecule has 0 spiro atoms. The van der Waals surface area contributed by atoms with Crippen molar-refractivity contribution < 1.29 is 13.9 Å². The highest BCUT2D eigenvalue weighted by molar-refractivity contribution is 7.99. The maximum atomic E-state index is 13.3. The number of nitrogens with zero attached hydrogens (tertiary/aromatic N) is 2. The molecular formula is C21H21ClFN3O2S. The van der Waals surface area contributed by atoms with Crippen LogP contribution in [0, 0.1) is 5.82 Å². The Balaban J connectivity index is 1.55. The van der Waals surface area contributed by atoms with Crippen LogP contribution < -0.4 is 5.32 Å². The van der Waals surface area contributed by atoms with Crippen molar-refractivity contribution in [2.75, 3.05) is 0 Å². The van der Waals surface area contributed by atoms with Crippen molar-refractivity contribution in [2.45, 2.75) is 54.5 Å². The molecule has 0 bridgehead atoms. The van der Waals surface area contributed by atoms with Gasteiger partial charge in [-0.3, -0.25) is 0 Å². The van der Waals surface area contributed by atoms with E-state index in [1.807, 2.05) is 6.07 Å². The van der Waals surface area contributed by atoms with Gasteiger partial charge in [0, 0.05) is 24.3 Å². The monoisotopic (exact) mass is 433 g/mol. The van der Waals surface area contributed by atoms with Crippen LogP contribution in [-0.4, -0.2) is 27.2 Å². The fraction of sp³-hybridized carbons (Fsp3) is 0.333. The van der Waals surface area contributed by atoms with Crippen molar-refractivity contribution in [1.29, 1.82) is 0 Å². The Hall–Kier alpha value is -1.93. The summed E-state index contributed by atoms with van der Waals surface area (Å²) in [5, 5.41) is 15.2. The molecule has 1 aromatic carbocycles. The van der Waals surface area contributed by atoms with Gasteiger partial charge in [0.1, 0.15) is 16.5 Å². The van der Waals surface area contributed by atoms with Gasteiger partial charge in [-0.15, -0.1) is 0 Å². The van der Waals surface area contributed by atoms with E-state index in [9.17, 15) is 9.50 Å². The standard InChI is InChI=1S/C21H21ClFN3O2S/c22-14-3-10-19(25-11-14)29-21-18(12-24-16-6-8-17(27)9-7-16)26-20(28-21)13-1-4-15(23)5-2-13/h1-5,10-11,16-17,24,27H,6-9,12H2/t16-,17-. The number of aliphatic hydroxyl groups excluding tert-OH is 1. The van der Waals surface area contributed by atoms with Gasteiger partial charge >= 0.3 is 0 Å². The molecule has 2 heterocycles. The second-order valence-corrected chi connectivity index (χ2v) is 8.49. The van der Waals surface area contributed by atoms with Crippen molar-refractivity contribution in [3.05, 3.63) is 59.1 Å². The van der Waals surface area contributed by atoms with Crippen LogP contribution in [0.5, 0.6) is 0 Å². The summed E-state index contributed by atoms with van der Waals surface area (Å²) in [7, 11) is 0.